The number of nitrogen functional groups attached to an aromatic ring is 1. The number of aromatic nitrogens is 3. The van der Waals surface area contributed by atoms with Gasteiger partial charge in [0.15, 0.2) is 0 Å². The molecule has 0 saturated carbocycles. The number of aryl methyl sites for hydroxylation is 1. The molecule has 0 saturated heterocycles. The standard InChI is InChI=1S/C26H21ClN4O4S/c1-3-33-26(32)19-11-29-23(28)21-17(13-36-22(19)21)12-34-20-10-16(5-4-14(20)2)25-31-30-24(35-25)15-6-8-18(27)9-7-15/h4-11,13H,3,12H2,1-2H3,(H2,28,29). The molecular formula is C26H21ClN4O4S. The van der Waals surface area contributed by atoms with Gasteiger partial charge in [0.2, 0.25) is 11.8 Å². The number of carbonyl (C=O) groups is 1. The van der Waals surface area contributed by atoms with E-state index in [-0.39, 0.29) is 13.2 Å². The Morgan fingerprint density at radius 1 is 1.11 bits per heavy atom. The van der Waals surface area contributed by atoms with Crippen molar-refractivity contribution in [2.24, 2.45) is 0 Å². The molecule has 0 spiro atoms. The van der Waals surface area contributed by atoms with Crippen molar-refractivity contribution in [3.63, 3.8) is 0 Å². The summed E-state index contributed by atoms with van der Waals surface area (Å²) in [5.74, 6) is 1.34. The summed E-state index contributed by atoms with van der Waals surface area (Å²) in [7, 11) is 0. The van der Waals surface area contributed by atoms with Crippen LogP contribution in [0, 0.1) is 6.92 Å². The van der Waals surface area contributed by atoms with Gasteiger partial charge in [-0.3, -0.25) is 0 Å². The van der Waals surface area contributed by atoms with Gasteiger partial charge in [0.1, 0.15) is 18.2 Å². The molecule has 5 rings (SSSR count). The van der Waals surface area contributed by atoms with Crippen LogP contribution in [0.4, 0.5) is 5.82 Å². The van der Waals surface area contributed by atoms with Crippen molar-refractivity contribution in [1.29, 1.82) is 0 Å². The molecule has 0 fully saturated rings. The normalized spacial score (nSPS) is 11.1. The summed E-state index contributed by atoms with van der Waals surface area (Å²) in [5.41, 5.74) is 9.82. The lowest BCUT2D eigenvalue weighted by Gasteiger charge is -2.10. The maximum Gasteiger partial charge on any atom is 0.341 e. The second kappa shape index (κ2) is 9.96. The monoisotopic (exact) mass is 520 g/mol. The zero-order chi connectivity index (χ0) is 25.2. The maximum atomic E-state index is 12.3. The smallest absolute Gasteiger partial charge is 0.341 e. The van der Waals surface area contributed by atoms with Crippen molar-refractivity contribution in [3.8, 4) is 28.7 Å². The average Bonchev–Trinajstić information content (AvgIpc) is 3.53. The van der Waals surface area contributed by atoms with Gasteiger partial charge in [0, 0.05) is 33.3 Å². The average molecular weight is 521 g/mol. The fourth-order valence-corrected chi connectivity index (χ4v) is 4.87. The van der Waals surface area contributed by atoms with Crippen LogP contribution in [0.5, 0.6) is 5.75 Å². The number of benzene rings is 2. The number of halogens is 1. The molecule has 0 aliphatic rings. The molecule has 0 bridgehead atoms. The molecule has 2 aromatic carbocycles. The number of hydrogen-bond donors (Lipinski definition) is 1. The van der Waals surface area contributed by atoms with E-state index in [9.17, 15) is 4.79 Å². The Bertz CT molecular complexity index is 1560. The Hall–Kier alpha value is -3.95. The molecule has 0 aliphatic heterocycles. The third kappa shape index (κ3) is 4.62. The molecule has 10 heteroatoms. The van der Waals surface area contributed by atoms with Crippen LogP contribution >= 0.6 is 22.9 Å². The lowest BCUT2D eigenvalue weighted by Crippen LogP contribution is -2.07. The van der Waals surface area contributed by atoms with Crippen LogP contribution in [0.2, 0.25) is 5.02 Å². The van der Waals surface area contributed by atoms with E-state index < -0.39 is 5.97 Å². The van der Waals surface area contributed by atoms with E-state index in [1.807, 2.05) is 42.6 Å². The van der Waals surface area contributed by atoms with E-state index in [1.54, 1.807) is 19.1 Å². The molecule has 8 nitrogen and oxygen atoms in total. The van der Waals surface area contributed by atoms with Crippen molar-refractivity contribution in [3.05, 3.63) is 75.8 Å². The molecule has 36 heavy (non-hydrogen) atoms. The first kappa shape index (κ1) is 23.8. The second-order valence-electron chi connectivity index (χ2n) is 7.93. The maximum absolute atomic E-state index is 12.3. The lowest BCUT2D eigenvalue weighted by molar-refractivity contribution is 0.0528. The van der Waals surface area contributed by atoms with E-state index in [0.717, 1.165) is 27.0 Å². The van der Waals surface area contributed by atoms with Crippen LogP contribution in [0.25, 0.3) is 33.0 Å². The molecule has 0 amide bonds. The molecule has 0 aliphatic carbocycles. The Morgan fingerprint density at radius 3 is 2.58 bits per heavy atom. The number of rotatable bonds is 7. The summed E-state index contributed by atoms with van der Waals surface area (Å²) in [6, 6.07) is 12.9. The Labute approximate surface area is 215 Å². The first-order valence-electron chi connectivity index (χ1n) is 11.1. The summed E-state index contributed by atoms with van der Waals surface area (Å²) in [5, 5.41) is 11.6. The topological polar surface area (TPSA) is 113 Å². The second-order valence-corrected chi connectivity index (χ2v) is 9.25. The van der Waals surface area contributed by atoms with Gasteiger partial charge in [0.25, 0.3) is 0 Å². The van der Waals surface area contributed by atoms with Crippen molar-refractivity contribution in [1.82, 2.24) is 15.2 Å². The number of nitrogens with zero attached hydrogens (tertiary/aromatic N) is 3. The minimum atomic E-state index is -0.426. The Balaban J connectivity index is 1.39. The zero-order valence-corrected chi connectivity index (χ0v) is 21.0. The van der Waals surface area contributed by atoms with Gasteiger partial charge in [-0.15, -0.1) is 21.5 Å². The van der Waals surface area contributed by atoms with E-state index >= 15 is 0 Å². The number of hydrogen-bond acceptors (Lipinski definition) is 9. The number of pyridine rings is 1. The van der Waals surface area contributed by atoms with Gasteiger partial charge in [-0.25, -0.2) is 9.78 Å². The van der Waals surface area contributed by atoms with Crippen LogP contribution < -0.4 is 10.5 Å². The molecule has 2 N–H and O–H groups in total. The van der Waals surface area contributed by atoms with Gasteiger partial charge in [-0.1, -0.05) is 17.7 Å². The van der Waals surface area contributed by atoms with Crippen molar-refractivity contribution < 1.29 is 18.7 Å². The van der Waals surface area contributed by atoms with E-state index in [0.29, 0.717) is 39.3 Å². The Morgan fingerprint density at radius 2 is 1.83 bits per heavy atom. The lowest BCUT2D eigenvalue weighted by atomic mass is 10.1. The number of fused-ring (bicyclic) bond motifs is 1. The fourth-order valence-electron chi connectivity index (χ4n) is 3.68. The van der Waals surface area contributed by atoms with Gasteiger partial charge >= 0.3 is 5.97 Å². The molecule has 0 radical (unpaired) electrons. The Kier molecular flexibility index (Phi) is 6.58. The number of anilines is 1. The summed E-state index contributed by atoms with van der Waals surface area (Å²) < 4.78 is 17.9. The molecule has 3 heterocycles. The van der Waals surface area contributed by atoms with E-state index in [1.165, 1.54) is 17.5 Å². The number of nitrogens with two attached hydrogens (primary N) is 1. The quantitative estimate of drug-likeness (QED) is 0.248. The predicted molar refractivity (Wildman–Crippen MR) is 139 cm³/mol. The van der Waals surface area contributed by atoms with Crippen LogP contribution in [0.1, 0.15) is 28.4 Å². The van der Waals surface area contributed by atoms with Gasteiger partial charge in [0.05, 0.1) is 16.9 Å². The molecule has 0 atom stereocenters. The first-order valence-corrected chi connectivity index (χ1v) is 12.3. The van der Waals surface area contributed by atoms with Gasteiger partial charge in [-0.2, -0.15) is 0 Å². The van der Waals surface area contributed by atoms with Crippen LogP contribution in [-0.4, -0.2) is 27.8 Å². The molecule has 5 aromatic rings. The van der Waals surface area contributed by atoms with Crippen LogP contribution in [0.3, 0.4) is 0 Å². The largest absolute Gasteiger partial charge is 0.489 e. The SMILES string of the molecule is CCOC(=O)c1cnc(N)c2c(COc3cc(-c4nnc(-c5ccc(Cl)cc5)o4)ccc3C)csc12. The highest BCUT2D eigenvalue weighted by atomic mass is 35.5. The summed E-state index contributed by atoms with van der Waals surface area (Å²) in [6.07, 6.45) is 1.45. The minimum Gasteiger partial charge on any atom is -0.489 e. The highest BCUT2D eigenvalue weighted by Gasteiger charge is 2.19. The summed E-state index contributed by atoms with van der Waals surface area (Å²) in [4.78, 5) is 16.5. The fraction of sp³-hybridized carbons (Fsp3) is 0.154. The van der Waals surface area contributed by atoms with Crippen LogP contribution in [0.15, 0.2) is 58.5 Å². The highest BCUT2D eigenvalue weighted by Crippen LogP contribution is 2.35. The number of thiophene rings is 1. The van der Waals surface area contributed by atoms with E-state index in [4.69, 9.17) is 31.2 Å². The van der Waals surface area contributed by atoms with E-state index in [2.05, 4.69) is 15.2 Å². The number of carbonyl (C=O) groups excluding carboxylic acids is 1. The molecule has 0 unspecified atom stereocenters. The van der Waals surface area contributed by atoms with Crippen molar-refractivity contribution in [2.45, 2.75) is 20.5 Å². The third-order valence-electron chi connectivity index (χ3n) is 5.53. The zero-order valence-electron chi connectivity index (χ0n) is 19.4. The van der Waals surface area contributed by atoms with Crippen LogP contribution in [-0.2, 0) is 11.3 Å². The highest BCUT2D eigenvalue weighted by molar-refractivity contribution is 7.17. The molecule has 3 aromatic heterocycles. The molecule has 182 valence electrons. The van der Waals surface area contributed by atoms with Crippen molar-refractivity contribution >= 4 is 44.8 Å². The number of esters is 1. The van der Waals surface area contributed by atoms with Gasteiger partial charge < -0.3 is 19.6 Å². The first-order chi connectivity index (χ1) is 17.4. The third-order valence-corrected chi connectivity index (χ3v) is 6.84. The summed E-state index contributed by atoms with van der Waals surface area (Å²) >= 11 is 7.37. The minimum absolute atomic E-state index is 0.238. The predicted octanol–water partition coefficient (Wildman–Crippen LogP) is 6.31. The van der Waals surface area contributed by atoms with Crippen molar-refractivity contribution in [2.75, 3.05) is 12.3 Å². The summed E-state index contributed by atoms with van der Waals surface area (Å²) in [6.45, 7) is 4.23. The molecular weight excluding hydrogens is 500 g/mol. The number of ether oxygens (including phenoxy) is 2. The van der Waals surface area contributed by atoms with Gasteiger partial charge in [-0.05, 0) is 61.2 Å².